The SMILES string of the molecule is Cc1nc(CNS(=O)(=O)c2cc(Cl)cc(CN)c2C)cs1. The Hall–Kier alpha value is -0.990. The van der Waals surface area contributed by atoms with Gasteiger partial charge in [0.1, 0.15) is 0 Å². The van der Waals surface area contributed by atoms with Gasteiger partial charge in [-0.1, -0.05) is 11.6 Å². The second-order valence-electron chi connectivity index (χ2n) is 4.57. The van der Waals surface area contributed by atoms with Crippen LogP contribution in [-0.2, 0) is 23.1 Å². The lowest BCUT2D eigenvalue weighted by Gasteiger charge is -2.12. The zero-order valence-electron chi connectivity index (χ0n) is 11.7. The molecule has 0 spiro atoms. The zero-order chi connectivity index (χ0) is 15.6. The van der Waals surface area contributed by atoms with Crippen molar-refractivity contribution in [1.82, 2.24) is 9.71 Å². The summed E-state index contributed by atoms with van der Waals surface area (Å²) in [4.78, 5) is 4.38. The van der Waals surface area contributed by atoms with Gasteiger partial charge in [0.2, 0.25) is 10.0 Å². The van der Waals surface area contributed by atoms with E-state index in [2.05, 4.69) is 9.71 Å². The van der Waals surface area contributed by atoms with Crippen LogP contribution in [0.4, 0.5) is 0 Å². The summed E-state index contributed by atoms with van der Waals surface area (Å²) in [7, 11) is -3.66. The van der Waals surface area contributed by atoms with Gasteiger partial charge < -0.3 is 5.73 Å². The summed E-state index contributed by atoms with van der Waals surface area (Å²) in [6.45, 7) is 3.98. The third-order valence-corrected chi connectivity index (χ3v) is 5.62. The Morgan fingerprint density at radius 1 is 1.38 bits per heavy atom. The summed E-state index contributed by atoms with van der Waals surface area (Å²) in [5.74, 6) is 0. The van der Waals surface area contributed by atoms with Crippen LogP contribution < -0.4 is 10.5 Å². The van der Waals surface area contributed by atoms with Crippen LogP contribution in [0.5, 0.6) is 0 Å². The van der Waals surface area contributed by atoms with Crippen molar-refractivity contribution in [2.45, 2.75) is 31.8 Å². The molecule has 1 heterocycles. The summed E-state index contributed by atoms with van der Waals surface area (Å²) >= 11 is 7.45. The fourth-order valence-electron chi connectivity index (χ4n) is 1.94. The van der Waals surface area contributed by atoms with E-state index in [9.17, 15) is 8.42 Å². The van der Waals surface area contributed by atoms with Crippen molar-refractivity contribution in [1.29, 1.82) is 0 Å². The summed E-state index contributed by atoms with van der Waals surface area (Å²) in [6, 6.07) is 3.12. The normalized spacial score (nSPS) is 11.8. The van der Waals surface area contributed by atoms with Gasteiger partial charge >= 0.3 is 0 Å². The predicted molar refractivity (Wildman–Crippen MR) is 85.0 cm³/mol. The third kappa shape index (κ3) is 3.81. The van der Waals surface area contributed by atoms with E-state index >= 15 is 0 Å². The second kappa shape index (κ2) is 6.41. The molecule has 1 aromatic heterocycles. The number of benzene rings is 1. The average molecular weight is 346 g/mol. The molecule has 0 unspecified atom stereocenters. The van der Waals surface area contributed by atoms with Gasteiger partial charge in [-0.25, -0.2) is 18.1 Å². The summed E-state index contributed by atoms with van der Waals surface area (Å²) in [5.41, 5.74) is 7.64. The molecule has 5 nitrogen and oxygen atoms in total. The molecule has 0 bridgehead atoms. The Morgan fingerprint density at radius 2 is 2.10 bits per heavy atom. The summed E-state index contributed by atoms with van der Waals surface area (Å²) in [5, 5.41) is 3.08. The van der Waals surface area contributed by atoms with E-state index in [4.69, 9.17) is 17.3 Å². The van der Waals surface area contributed by atoms with Gasteiger partial charge in [-0.05, 0) is 37.1 Å². The van der Waals surface area contributed by atoms with Gasteiger partial charge in [0, 0.05) is 16.9 Å². The van der Waals surface area contributed by atoms with Crippen LogP contribution in [0, 0.1) is 13.8 Å². The zero-order valence-corrected chi connectivity index (χ0v) is 14.1. The highest BCUT2D eigenvalue weighted by Crippen LogP contribution is 2.24. The lowest BCUT2D eigenvalue weighted by Crippen LogP contribution is -2.24. The predicted octanol–water partition coefficient (Wildman–Crippen LogP) is 2.35. The minimum absolute atomic E-state index is 0.149. The molecule has 2 rings (SSSR count). The number of rotatable bonds is 5. The second-order valence-corrected chi connectivity index (χ2v) is 7.81. The average Bonchev–Trinajstić information content (AvgIpc) is 2.84. The highest BCUT2D eigenvalue weighted by atomic mass is 35.5. The molecule has 0 atom stereocenters. The fraction of sp³-hybridized carbons (Fsp3) is 0.308. The van der Waals surface area contributed by atoms with E-state index in [1.165, 1.54) is 17.4 Å². The first-order chi connectivity index (χ1) is 9.83. The standard InChI is InChI=1S/C13H16ClN3O2S2/c1-8-10(5-15)3-11(14)4-13(8)21(18,19)16-6-12-7-20-9(2)17-12/h3-4,7,16H,5-6,15H2,1-2H3. The first-order valence-electron chi connectivity index (χ1n) is 6.23. The molecule has 8 heteroatoms. The first kappa shape index (κ1) is 16.4. The lowest BCUT2D eigenvalue weighted by molar-refractivity contribution is 0.579. The minimum atomic E-state index is -3.66. The molecule has 0 aliphatic rings. The van der Waals surface area contributed by atoms with Crippen molar-refractivity contribution in [2.24, 2.45) is 5.73 Å². The molecule has 0 saturated carbocycles. The van der Waals surface area contributed by atoms with E-state index in [1.807, 2.05) is 12.3 Å². The van der Waals surface area contributed by atoms with Crippen molar-refractivity contribution in [3.05, 3.63) is 44.4 Å². The number of thiazole rings is 1. The van der Waals surface area contributed by atoms with Gasteiger partial charge in [-0.3, -0.25) is 0 Å². The van der Waals surface area contributed by atoms with Gasteiger partial charge in [-0.15, -0.1) is 11.3 Å². The van der Waals surface area contributed by atoms with E-state index in [1.54, 1.807) is 13.0 Å². The highest BCUT2D eigenvalue weighted by Gasteiger charge is 2.19. The molecule has 0 radical (unpaired) electrons. The Morgan fingerprint density at radius 3 is 2.67 bits per heavy atom. The number of sulfonamides is 1. The van der Waals surface area contributed by atoms with Gasteiger partial charge in [0.15, 0.2) is 0 Å². The largest absolute Gasteiger partial charge is 0.326 e. The number of nitrogens with two attached hydrogens (primary N) is 1. The topological polar surface area (TPSA) is 85.1 Å². The Labute approximate surface area is 133 Å². The summed E-state index contributed by atoms with van der Waals surface area (Å²) < 4.78 is 27.4. The van der Waals surface area contributed by atoms with Crippen molar-refractivity contribution < 1.29 is 8.42 Å². The van der Waals surface area contributed by atoms with Crippen LogP contribution in [-0.4, -0.2) is 13.4 Å². The van der Waals surface area contributed by atoms with Crippen LogP contribution in [0.2, 0.25) is 5.02 Å². The third-order valence-electron chi connectivity index (χ3n) is 3.05. The number of hydrogen-bond donors (Lipinski definition) is 2. The van der Waals surface area contributed by atoms with Crippen LogP contribution in [0.3, 0.4) is 0 Å². The number of aryl methyl sites for hydroxylation is 1. The molecule has 0 fully saturated rings. The van der Waals surface area contributed by atoms with Crippen LogP contribution in [0.25, 0.3) is 0 Å². The van der Waals surface area contributed by atoms with E-state index < -0.39 is 10.0 Å². The molecule has 0 aliphatic heterocycles. The molecule has 0 saturated heterocycles. The Balaban J connectivity index is 2.29. The van der Waals surface area contributed by atoms with Crippen molar-refractivity contribution in [3.63, 3.8) is 0 Å². The monoisotopic (exact) mass is 345 g/mol. The summed E-state index contributed by atoms with van der Waals surface area (Å²) in [6.07, 6.45) is 0. The fourth-order valence-corrected chi connectivity index (χ4v) is 4.16. The smallest absolute Gasteiger partial charge is 0.241 e. The number of aromatic nitrogens is 1. The number of hydrogen-bond acceptors (Lipinski definition) is 5. The van der Waals surface area contributed by atoms with Gasteiger partial charge in [0.05, 0.1) is 22.1 Å². The first-order valence-corrected chi connectivity index (χ1v) is 8.97. The molecule has 21 heavy (non-hydrogen) atoms. The highest BCUT2D eigenvalue weighted by molar-refractivity contribution is 7.89. The van der Waals surface area contributed by atoms with E-state index in [0.717, 1.165) is 5.01 Å². The van der Waals surface area contributed by atoms with Crippen molar-refractivity contribution in [3.8, 4) is 0 Å². The van der Waals surface area contributed by atoms with Crippen LogP contribution in [0.1, 0.15) is 21.8 Å². The Bertz CT molecular complexity index is 757. The maximum atomic E-state index is 12.4. The minimum Gasteiger partial charge on any atom is -0.326 e. The van der Waals surface area contributed by atoms with E-state index in [-0.39, 0.29) is 18.0 Å². The number of nitrogens with one attached hydrogen (secondary N) is 1. The number of halogens is 1. The molecule has 2 aromatic rings. The van der Waals surface area contributed by atoms with Gasteiger partial charge in [-0.2, -0.15) is 0 Å². The quantitative estimate of drug-likeness (QED) is 0.871. The van der Waals surface area contributed by atoms with Crippen LogP contribution >= 0.6 is 22.9 Å². The van der Waals surface area contributed by atoms with Crippen molar-refractivity contribution >= 4 is 33.0 Å². The Kier molecular flexibility index (Phi) is 5.00. The molecule has 0 amide bonds. The molecule has 114 valence electrons. The molecule has 1 aromatic carbocycles. The van der Waals surface area contributed by atoms with Crippen molar-refractivity contribution in [2.75, 3.05) is 0 Å². The maximum Gasteiger partial charge on any atom is 0.241 e. The molecule has 0 aliphatic carbocycles. The maximum absolute atomic E-state index is 12.4. The van der Waals surface area contributed by atoms with E-state index in [0.29, 0.717) is 21.8 Å². The van der Waals surface area contributed by atoms with Gasteiger partial charge in [0.25, 0.3) is 0 Å². The lowest BCUT2D eigenvalue weighted by atomic mass is 10.1. The molecular weight excluding hydrogens is 330 g/mol. The number of nitrogens with zero attached hydrogens (tertiary/aromatic N) is 1. The molecule has 3 N–H and O–H groups in total. The molecular formula is C13H16ClN3O2S2. The van der Waals surface area contributed by atoms with Crippen LogP contribution in [0.15, 0.2) is 22.4 Å².